The molecule has 0 saturated carbocycles. The lowest BCUT2D eigenvalue weighted by molar-refractivity contribution is 0.0630. The van der Waals surface area contributed by atoms with Crippen LogP contribution in [0, 0.1) is 0 Å². The van der Waals surface area contributed by atoms with Crippen molar-refractivity contribution in [3.8, 4) is 0 Å². The van der Waals surface area contributed by atoms with Crippen molar-refractivity contribution in [3.05, 3.63) is 52.0 Å². The molecule has 0 radical (unpaired) electrons. The minimum Gasteiger partial charge on any atom is -0.381 e. The number of aromatic nitrogens is 1. The summed E-state index contributed by atoms with van der Waals surface area (Å²) in [7, 11) is 0. The topological polar surface area (TPSA) is 48.1 Å². The van der Waals surface area contributed by atoms with Gasteiger partial charge in [-0.1, -0.05) is 30.3 Å². The standard InChI is InChI=1S/C16H20N2OS/c17-9-6-14-12-20-15(18-14)16(7-10-19-11-8-16)13-4-2-1-3-5-13/h1-5,12H,6-11,17H2. The Labute approximate surface area is 123 Å². The predicted octanol–water partition coefficient (Wildman–Crippen LogP) is 2.74. The molecule has 2 heterocycles. The van der Waals surface area contributed by atoms with Crippen LogP contribution in [0.2, 0.25) is 0 Å². The van der Waals surface area contributed by atoms with Gasteiger partial charge in [0.05, 0.1) is 11.1 Å². The van der Waals surface area contributed by atoms with E-state index in [1.54, 1.807) is 11.3 Å². The minimum absolute atomic E-state index is 0.0248. The van der Waals surface area contributed by atoms with E-state index in [4.69, 9.17) is 15.5 Å². The fraction of sp³-hybridized carbons (Fsp3) is 0.438. The minimum atomic E-state index is 0.0248. The van der Waals surface area contributed by atoms with Crippen molar-refractivity contribution in [3.63, 3.8) is 0 Å². The van der Waals surface area contributed by atoms with Gasteiger partial charge in [0.2, 0.25) is 0 Å². The molecular formula is C16H20N2OS. The highest BCUT2D eigenvalue weighted by atomic mass is 32.1. The molecule has 2 aromatic rings. The highest BCUT2D eigenvalue weighted by molar-refractivity contribution is 7.09. The van der Waals surface area contributed by atoms with E-state index in [0.29, 0.717) is 6.54 Å². The van der Waals surface area contributed by atoms with Gasteiger partial charge in [0.1, 0.15) is 5.01 Å². The van der Waals surface area contributed by atoms with Crippen LogP contribution < -0.4 is 5.73 Å². The van der Waals surface area contributed by atoms with Crippen LogP contribution in [0.5, 0.6) is 0 Å². The van der Waals surface area contributed by atoms with Crippen molar-refractivity contribution in [1.82, 2.24) is 4.98 Å². The number of thiazole rings is 1. The molecule has 0 spiro atoms. The van der Waals surface area contributed by atoms with Crippen LogP contribution >= 0.6 is 11.3 Å². The maximum Gasteiger partial charge on any atom is 0.104 e. The Morgan fingerprint density at radius 3 is 2.65 bits per heavy atom. The van der Waals surface area contributed by atoms with Gasteiger partial charge in [-0.2, -0.15) is 0 Å². The van der Waals surface area contributed by atoms with Crippen molar-refractivity contribution < 1.29 is 4.74 Å². The quantitative estimate of drug-likeness (QED) is 0.941. The third-order valence-electron chi connectivity index (χ3n) is 4.03. The van der Waals surface area contributed by atoms with Gasteiger partial charge in [0, 0.05) is 25.0 Å². The molecule has 1 aliphatic rings. The van der Waals surface area contributed by atoms with Gasteiger partial charge in [-0.25, -0.2) is 4.98 Å². The van der Waals surface area contributed by atoms with E-state index in [1.165, 1.54) is 10.6 Å². The Morgan fingerprint density at radius 2 is 1.95 bits per heavy atom. The second-order valence-corrected chi connectivity index (χ2v) is 6.10. The molecular weight excluding hydrogens is 268 g/mol. The summed E-state index contributed by atoms with van der Waals surface area (Å²) in [6, 6.07) is 10.7. The molecule has 1 saturated heterocycles. The first-order valence-corrected chi connectivity index (χ1v) is 8.01. The molecule has 0 unspecified atom stereocenters. The van der Waals surface area contributed by atoms with E-state index in [-0.39, 0.29) is 5.41 Å². The van der Waals surface area contributed by atoms with Gasteiger partial charge in [-0.05, 0) is 24.9 Å². The normalized spacial score (nSPS) is 18.1. The summed E-state index contributed by atoms with van der Waals surface area (Å²) in [5.41, 5.74) is 8.14. The molecule has 1 aromatic heterocycles. The van der Waals surface area contributed by atoms with Crippen molar-refractivity contribution in [2.75, 3.05) is 19.8 Å². The van der Waals surface area contributed by atoms with Crippen molar-refractivity contribution in [2.24, 2.45) is 5.73 Å². The average Bonchev–Trinajstić information content (AvgIpc) is 2.98. The van der Waals surface area contributed by atoms with E-state index in [9.17, 15) is 0 Å². The number of nitrogens with two attached hydrogens (primary N) is 1. The largest absolute Gasteiger partial charge is 0.381 e. The smallest absolute Gasteiger partial charge is 0.104 e. The summed E-state index contributed by atoms with van der Waals surface area (Å²) >= 11 is 1.77. The molecule has 4 heteroatoms. The molecule has 1 fully saturated rings. The zero-order chi connectivity index (χ0) is 13.8. The van der Waals surface area contributed by atoms with E-state index < -0.39 is 0 Å². The lowest BCUT2D eigenvalue weighted by atomic mass is 9.74. The molecule has 0 bridgehead atoms. The lowest BCUT2D eigenvalue weighted by Crippen LogP contribution is -2.35. The molecule has 1 aliphatic heterocycles. The van der Waals surface area contributed by atoms with Crippen LogP contribution in [0.15, 0.2) is 35.7 Å². The fourth-order valence-electron chi connectivity index (χ4n) is 2.89. The second kappa shape index (κ2) is 6.04. The van der Waals surface area contributed by atoms with Crippen LogP contribution in [0.1, 0.15) is 29.1 Å². The Bertz CT molecular complexity index is 547. The zero-order valence-corrected chi connectivity index (χ0v) is 12.4. The third kappa shape index (κ3) is 2.51. The first-order valence-electron chi connectivity index (χ1n) is 7.13. The number of benzene rings is 1. The Morgan fingerprint density at radius 1 is 1.20 bits per heavy atom. The molecule has 1 aromatic carbocycles. The van der Waals surface area contributed by atoms with Crippen molar-refractivity contribution >= 4 is 11.3 Å². The maximum atomic E-state index is 5.64. The highest BCUT2D eigenvalue weighted by Gasteiger charge is 2.38. The van der Waals surface area contributed by atoms with Crippen molar-refractivity contribution in [1.29, 1.82) is 0 Å². The summed E-state index contributed by atoms with van der Waals surface area (Å²) in [4.78, 5) is 4.86. The molecule has 0 aliphatic carbocycles. The van der Waals surface area contributed by atoms with Gasteiger partial charge in [-0.15, -0.1) is 11.3 Å². The summed E-state index contributed by atoms with van der Waals surface area (Å²) in [6.07, 6.45) is 2.87. The summed E-state index contributed by atoms with van der Waals surface area (Å²) in [5, 5.41) is 3.37. The van der Waals surface area contributed by atoms with Crippen LogP contribution in [0.25, 0.3) is 0 Å². The van der Waals surface area contributed by atoms with E-state index in [1.807, 2.05) is 0 Å². The average molecular weight is 288 g/mol. The molecule has 0 atom stereocenters. The number of nitrogens with zero attached hydrogens (tertiary/aromatic N) is 1. The summed E-state index contributed by atoms with van der Waals surface area (Å²) < 4.78 is 5.58. The Hall–Kier alpha value is -1.23. The second-order valence-electron chi connectivity index (χ2n) is 5.24. The van der Waals surface area contributed by atoms with Crippen LogP contribution in [-0.4, -0.2) is 24.7 Å². The molecule has 2 N–H and O–H groups in total. The van der Waals surface area contributed by atoms with Gasteiger partial charge >= 0.3 is 0 Å². The monoisotopic (exact) mass is 288 g/mol. The summed E-state index contributed by atoms with van der Waals surface area (Å²) in [6.45, 7) is 2.27. The third-order valence-corrected chi connectivity index (χ3v) is 5.13. The van der Waals surface area contributed by atoms with Gasteiger partial charge in [-0.3, -0.25) is 0 Å². The van der Waals surface area contributed by atoms with Crippen LogP contribution in [-0.2, 0) is 16.6 Å². The maximum absolute atomic E-state index is 5.64. The van der Waals surface area contributed by atoms with Crippen molar-refractivity contribution in [2.45, 2.75) is 24.7 Å². The SMILES string of the molecule is NCCc1csc(C2(c3ccccc3)CCOCC2)n1. The molecule has 3 nitrogen and oxygen atoms in total. The van der Waals surface area contributed by atoms with Gasteiger partial charge in [0.25, 0.3) is 0 Å². The molecule has 3 rings (SSSR count). The highest BCUT2D eigenvalue weighted by Crippen LogP contribution is 2.42. The number of ether oxygens (including phenoxy) is 1. The molecule has 0 amide bonds. The number of rotatable bonds is 4. The van der Waals surface area contributed by atoms with Gasteiger partial charge < -0.3 is 10.5 Å². The summed E-state index contributed by atoms with van der Waals surface area (Å²) in [5.74, 6) is 0. The van der Waals surface area contributed by atoms with E-state index in [2.05, 4.69) is 35.7 Å². The Balaban J connectivity index is 2.00. The molecule has 106 valence electrons. The van der Waals surface area contributed by atoms with Gasteiger partial charge in [0.15, 0.2) is 0 Å². The first-order chi connectivity index (χ1) is 9.85. The van der Waals surface area contributed by atoms with Crippen LogP contribution in [0.3, 0.4) is 0 Å². The number of hydrogen-bond acceptors (Lipinski definition) is 4. The van der Waals surface area contributed by atoms with E-state index >= 15 is 0 Å². The number of hydrogen-bond donors (Lipinski definition) is 1. The fourth-order valence-corrected chi connectivity index (χ4v) is 4.03. The molecule has 20 heavy (non-hydrogen) atoms. The first kappa shape index (κ1) is 13.7. The predicted molar refractivity (Wildman–Crippen MR) is 82.1 cm³/mol. The van der Waals surface area contributed by atoms with Crippen LogP contribution in [0.4, 0.5) is 0 Å². The Kier molecular flexibility index (Phi) is 4.15. The lowest BCUT2D eigenvalue weighted by Gasteiger charge is -2.36. The zero-order valence-electron chi connectivity index (χ0n) is 11.5. The van der Waals surface area contributed by atoms with E-state index in [0.717, 1.165) is 38.2 Å².